The smallest absolute Gasteiger partial charge is 0.205 e. The minimum atomic E-state index is 0.422. The number of H-pyrrole nitrogens is 1. The van der Waals surface area contributed by atoms with Gasteiger partial charge in [-0.05, 0) is 81.5 Å². The van der Waals surface area contributed by atoms with Crippen molar-refractivity contribution < 1.29 is 0 Å². The molecule has 7 rings (SSSR count). The summed E-state index contributed by atoms with van der Waals surface area (Å²) in [6.07, 6.45) is 8.62. The van der Waals surface area contributed by atoms with Crippen LogP contribution in [-0.4, -0.2) is 73.6 Å². The van der Waals surface area contributed by atoms with Gasteiger partial charge in [-0.1, -0.05) is 18.2 Å². The van der Waals surface area contributed by atoms with Gasteiger partial charge in [-0.15, -0.1) is 0 Å². The summed E-state index contributed by atoms with van der Waals surface area (Å²) in [5.74, 6) is 1.27. The molecule has 0 bridgehead atoms. The van der Waals surface area contributed by atoms with E-state index in [1.165, 1.54) is 50.1 Å². The molecule has 0 unspecified atom stereocenters. The number of nitrogens with zero attached hydrogens (tertiary/aromatic N) is 6. The van der Waals surface area contributed by atoms with Gasteiger partial charge in [0, 0.05) is 55.7 Å². The Labute approximate surface area is 240 Å². The highest BCUT2D eigenvalue weighted by molar-refractivity contribution is 6.00. The summed E-state index contributed by atoms with van der Waals surface area (Å²) in [5.41, 5.74) is 15.0. The lowest BCUT2D eigenvalue weighted by Gasteiger charge is -2.41. The van der Waals surface area contributed by atoms with E-state index in [1.807, 2.05) is 0 Å². The number of piperazine rings is 1. The summed E-state index contributed by atoms with van der Waals surface area (Å²) >= 11 is 0. The zero-order valence-corrected chi connectivity index (χ0v) is 24.2. The van der Waals surface area contributed by atoms with Gasteiger partial charge in [0.05, 0.1) is 16.4 Å². The van der Waals surface area contributed by atoms with Crippen LogP contribution in [0.25, 0.3) is 33.2 Å². The van der Waals surface area contributed by atoms with Crippen molar-refractivity contribution in [3.8, 4) is 11.1 Å². The van der Waals surface area contributed by atoms with Crippen LogP contribution in [0, 0.1) is 13.8 Å². The minimum Gasteiger partial charge on any atom is -0.383 e. The van der Waals surface area contributed by atoms with Crippen LogP contribution in [0.2, 0.25) is 0 Å². The number of fused-ring (bicyclic) bond motifs is 2. The lowest BCUT2D eigenvalue weighted by atomic mass is 9.89. The van der Waals surface area contributed by atoms with Crippen LogP contribution >= 0.6 is 0 Å². The van der Waals surface area contributed by atoms with E-state index in [0.29, 0.717) is 17.9 Å². The molecular formula is C32H39N9. The normalized spacial score (nSPS) is 20.7. The van der Waals surface area contributed by atoms with Gasteiger partial charge in [-0.25, -0.2) is 15.0 Å². The molecule has 9 nitrogen and oxygen atoms in total. The highest BCUT2D eigenvalue weighted by Gasteiger charge is 2.30. The zero-order chi connectivity index (χ0) is 28.1. The third-order valence-electron chi connectivity index (χ3n) is 9.39. The number of aryl methyl sites for hydroxylation is 2. The van der Waals surface area contributed by atoms with E-state index in [1.54, 1.807) is 6.33 Å². The molecule has 1 saturated carbocycles. The molecule has 4 heterocycles. The average molecular weight is 550 g/mol. The Bertz CT molecular complexity index is 1680. The van der Waals surface area contributed by atoms with E-state index in [0.717, 1.165) is 57.7 Å². The van der Waals surface area contributed by atoms with Gasteiger partial charge < -0.3 is 25.5 Å². The number of nitrogen functional groups attached to an aromatic ring is 1. The number of nitrogens with one attached hydrogen (secondary N) is 2. The molecule has 2 fully saturated rings. The maximum atomic E-state index is 6.46. The number of aromatic amines is 1. The summed E-state index contributed by atoms with van der Waals surface area (Å²) in [7, 11) is 2.23. The molecule has 212 valence electrons. The third kappa shape index (κ3) is 4.83. The van der Waals surface area contributed by atoms with Gasteiger partial charge >= 0.3 is 0 Å². The number of nitrogens with two attached hydrogens (primary N) is 1. The van der Waals surface area contributed by atoms with E-state index < -0.39 is 0 Å². The highest BCUT2D eigenvalue weighted by Crippen LogP contribution is 2.39. The molecule has 3 aromatic heterocycles. The van der Waals surface area contributed by atoms with Gasteiger partial charge in [0.2, 0.25) is 5.95 Å². The standard InChI is InChI=1S/C32H39N9/c1-20-4-13-27-29(21(20)2)38-32(37-27)36-23-7-5-22(6-8-23)26-18-41(31-28(26)30(33)34-19-35-31)25-11-9-24(10-12-25)40-16-14-39(3)15-17-40/h4-8,13,18-19,24-25H,9-12,14-17H2,1-3H3,(H2,33,34,35)(H2,36,37,38). The minimum absolute atomic E-state index is 0.422. The number of likely N-dealkylation sites (N-methyl/N-ethyl adjacent to an activating group) is 1. The fraction of sp³-hybridized carbons (Fsp3) is 0.406. The van der Waals surface area contributed by atoms with Crippen molar-refractivity contribution in [3.05, 3.63) is 60.0 Å². The number of anilines is 3. The van der Waals surface area contributed by atoms with Crippen LogP contribution in [0.15, 0.2) is 48.9 Å². The third-order valence-corrected chi connectivity index (χ3v) is 9.39. The number of benzene rings is 2. The molecule has 4 N–H and O–H groups in total. The second-order valence-electron chi connectivity index (χ2n) is 11.9. The van der Waals surface area contributed by atoms with E-state index >= 15 is 0 Å². The number of rotatable bonds is 5. The van der Waals surface area contributed by atoms with Crippen LogP contribution in [0.4, 0.5) is 17.5 Å². The number of aromatic nitrogens is 5. The lowest BCUT2D eigenvalue weighted by Crippen LogP contribution is -2.49. The van der Waals surface area contributed by atoms with Gasteiger partial charge in [-0.2, -0.15) is 0 Å². The Hall–Kier alpha value is -3.95. The maximum absolute atomic E-state index is 6.46. The Morgan fingerprint density at radius 1 is 0.902 bits per heavy atom. The molecule has 9 heteroatoms. The molecule has 0 atom stereocenters. The monoisotopic (exact) mass is 549 g/mol. The molecule has 1 aliphatic carbocycles. The molecule has 41 heavy (non-hydrogen) atoms. The molecule has 1 saturated heterocycles. The Morgan fingerprint density at radius 2 is 1.63 bits per heavy atom. The maximum Gasteiger partial charge on any atom is 0.205 e. The van der Waals surface area contributed by atoms with E-state index in [-0.39, 0.29) is 0 Å². The summed E-state index contributed by atoms with van der Waals surface area (Å²) in [6.45, 7) is 8.95. The molecule has 0 amide bonds. The zero-order valence-electron chi connectivity index (χ0n) is 24.2. The fourth-order valence-electron chi connectivity index (χ4n) is 6.74. The highest BCUT2D eigenvalue weighted by atomic mass is 15.3. The molecule has 0 spiro atoms. The van der Waals surface area contributed by atoms with Crippen LogP contribution in [0.3, 0.4) is 0 Å². The van der Waals surface area contributed by atoms with Crippen molar-refractivity contribution in [2.24, 2.45) is 0 Å². The average Bonchev–Trinajstić information content (AvgIpc) is 3.59. The predicted octanol–water partition coefficient (Wildman–Crippen LogP) is 5.65. The number of hydrogen-bond donors (Lipinski definition) is 3. The molecular weight excluding hydrogens is 510 g/mol. The fourth-order valence-corrected chi connectivity index (χ4v) is 6.74. The predicted molar refractivity (Wildman–Crippen MR) is 167 cm³/mol. The van der Waals surface area contributed by atoms with E-state index in [2.05, 4.69) is 93.1 Å². The van der Waals surface area contributed by atoms with Crippen molar-refractivity contribution in [2.75, 3.05) is 44.3 Å². The van der Waals surface area contributed by atoms with Crippen molar-refractivity contribution >= 4 is 39.5 Å². The van der Waals surface area contributed by atoms with Crippen molar-refractivity contribution in [1.82, 2.24) is 34.3 Å². The largest absolute Gasteiger partial charge is 0.383 e. The summed E-state index contributed by atoms with van der Waals surface area (Å²) in [5, 5.41) is 4.37. The van der Waals surface area contributed by atoms with Crippen LogP contribution < -0.4 is 11.1 Å². The Morgan fingerprint density at radius 3 is 2.39 bits per heavy atom. The quantitative estimate of drug-likeness (QED) is 0.260. The van der Waals surface area contributed by atoms with Gasteiger partial charge in [0.1, 0.15) is 17.8 Å². The van der Waals surface area contributed by atoms with Gasteiger partial charge in [0.15, 0.2) is 0 Å². The van der Waals surface area contributed by atoms with Crippen LogP contribution in [-0.2, 0) is 0 Å². The topological polar surface area (TPSA) is 104 Å². The second-order valence-corrected chi connectivity index (χ2v) is 11.9. The summed E-state index contributed by atoms with van der Waals surface area (Å²) in [4.78, 5) is 22.4. The first kappa shape index (κ1) is 26.0. The second kappa shape index (κ2) is 10.5. The van der Waals surface area contributed by atoms with E-state index in [4.69, 9.17) is 15.7 Å². The molecule has 2 aliphatic rings. The van der Waals surface area contributed by atoms with Crippen molar-refractivity contribution in [1.29, 1.82) is 0 Å². The van der Waals surface area contributed by atoms with Crippen molar-refractivity contribution in [2.45, 2.75) is 51.6 Å². The van der Waals surface area contributed by atoms with Crippen LogP contribution in [0.5, 0.6) is 0 Å². The van der Waals surface area contributed by atoms with Crippen molar-refractivity contribution in [3.63, 3.8) is 0 Å². The molecule has 0 radical (unpaired) electrons. The van der Waals surface area contributed by atoms with Gasteiger partial charge in [0.25, 0.3) is 0 Å². The lowest BCUT2D eigenvalue weighted by molar-refractivity contribution is 0.0828. The Kier molecular flexibility index (Phi) is 6.63. The Balaban J connectivity index is 1.12. The van der Waals surface area contributed by atoms with Crippen LogP contribution in [0.1, 0.15) is 42.9 Å². The number of imidazole rings is 1. The molecule has 1 aliphatic heterocycles. The van der Waals surface area contributed by atoms with E-state index in [9.17, 15) is 0 Å². The first-order valence-electron chi connectivity index (χ1n) is 14.8. The number of hydrogen-bond acceptors (Lipinski definition) is 7. The summed E-state index contributed by atoms with van der Waals surface area (Å²) < 4.78 is 2.37. The SMILES string of the molecule is Cc1ccc2[nH]c(Nc3ccc(-c4cn(C5CCC(N6CCN(C)CC6)CC5)c5ncnc(N)c45)cc3)nc2c1C. The first-order chi connectivity index (χ1) is 19.9. The molecule has 2 aromatic carbocycles. The first-order valence-corrected chi connectivity index (χ1v) is 14.8. The molecule has 5 aromatic rings. The van der Waals surface area contributed by atoms with Gasteiger partial charge in [-0.3, -0.25) is 4.90 Å². The summed E-state index contributed by atoms with van der Waals surface area (Å²) in [6, 6.07) is 13.8.